The molecular weight excluding hydrogens is 290 g/mol. The first-order valence-corrected chi connectivity index (χ1v) is 8.19. The highest BCUT2D eigenvalue weighted by Gasteiger charge is 2.32. The number of primary amides is 1. The summed E-state index contributed by atoms with van der Waals surface area (Å²) in [6, 6.07) is 0.456. The van der Waals surface area contributed by atoms with Crippen molar-refractivity contribution < 1.29 is 4.79 Å². The summed E-state index contributed by atoms with van der Waals surface area (Å²) in [7, 11) is 0. The number of aromatic amines is 1. The fourth-order valence-electron chi connectivity index (χ4n) is 2.30. The number of aromatic nitrogens is 3. The van der Waals surface area contributed by atoms with Crippen LogP contribution in [0.25, 0.3) is 0 Å². The normalized spacial score (nSPS) is 17.9. The van der Waals surface area contributed by atoms with Crippen molar-refractivity contribution in [3.63, 3.8) is 0 Å². The SMILES string of the molecule is CC(C)NC(C)(CCSc1n[nH]c(=O)n1C1CC1)C(N)=O. The Balaban J connectivity index is 1.96. The average molecular weight is 313 g/mol. The van der Waals surface area contributed by atoms with E-state index in [9.17, 15) is 9.59 Å². The van der Waals surface area contributed by atoms with Gasteiger partial charge in [-0.25, -0.2) is 9.89 Å². The number of nitrogens with zero attached hydrogens (tertiary/aromatic N) is 2. The summed E-state index contributed by atoms with van der Waals surface area (Å²) in [5.74, 6) is 0.300. The zero-order chi connectivity index (χ0) is 15.6. The lowest BCUT2D eigenvalue weighted by molar-refractivity contribution is -0.124. The van der Waals surface area contributed by atoms with Gasteiger partial charge in [0.05, 0.1) is 5.54 Å². The summed E-state index contributed by atoms with van der Waals surface area (Å²) in [4.78, 5) is 23.3. The molecule has 8 heteroatoms. The van der Waals surface area contributed by atoms with E-state index in [0.717, 1.165) is 12.8 Å². The van der Waals surface area contributed by atoms with Gasteiger partial charge in [0.15, 0.2) is 5.16 Å². The van der Waals surface area contributed by atoms with Gasteiger partial charge in [-0.3, -0.25) is 9.36 Å². The van der Waals surface area contributed by atoms with Gasteiger partial charge in [-0.15, -0.1) is 5.10 Å². The Morgan fingerprint density at radius 3 is 2.81 bits per heavy atom. The van der Waals surface area contributed by atoms with Crippen LogP contribution in [-0.2, 0) is 4.79 Å². The Hall–Kier alpha value is -1.28. The van der Waals surface area contributed by atoms with Crippen LogP contribution in [0.15, 0.2) is 9.95 Å². The summed E-state index contributed by atoms with van der Waals surface area (Å²) >= 11 is 1.48. The topological polar surface area (TPSA) is 106 Å². The lowest BCUT2D eigenvalue weighted by Crippen LogP contribution is -2.55. The van der Waals surface area contributed by atoms with Crippen LogP contribution in [0.1, 0.15) is 46.1 Å². The molecule has 2 rings (SSSR count). The summed E-state index contributed by atoms with van der Waals surface area (Å²) in [6.07, 6.45) is 2.64. The molecule has 1 amide bonds. The Kier molecular flexibility index (Phi) is 4.77. The highest BCUT2D eigenvalue weighted by molar-refractivity contribution is 7.99. The van der Waals surface area contributed by atoms with Crippen LogP contribution < -0.4 is 16.7 Å². The number of nitrogens with one attached hydrogen (secondary N) is 2. The van der Waals surface area contributed by atoms with Crippen LogP contribution in [0, 0.1) is 0 Å². The molecule has 0 saturated heterocycles. The van der Waals surface area contributed by atoms with Crippen molar-refractivity contribution >= 4 is 17.7 Å². The second-order valence-corrected chi connectivity index (χ2v) is 7.07. The summed E-state index contributed by atoms with van der Waals surface area (Å²) in [6.45, 7) is 5.77. The molecule has 21 heavy (non-hydrogen) atoms. The maximum absolute atomic E-state index is 11.7. The first kappa shape index (κ1) is 16.1. The van der Waals surface area contributed by atoms with Crippen LogP contribution >= 0.6 is 11.8 Å². The molecule has 1 fully saturated rings. The quantitative estimate of drug-likeness (QED) is 0.610. The molecule has 1 heterocycles. The van der Waals surface area contributed by atoms with Crippen molar-refractivity contribution in [1.29, 1.82) is 0 Å². The molecule has 1 aromatic rings. The van der Waals surface area contributed by atoms with E-state index in [1.54, 1.807) is 4.57 Å². The van der Waals surface area contributed by atoms with Crippen molar-refractivity contribution in [2.45, 2.75) is 62.8 Å². The molecule has 0 aliphatic heterocycles. The second kappa shape index (κ2) is 6.23. The molecular formula is C13H23N5O2S. The van der Waals surface area contributed by atoms with E-state index in [1.165, 1.54) is 11.8 Å². The highest BCUT2D eigenvalue weighted by Crippen LogP contribution is 2.36. The summed E-state index contributed by atoms with van der Waals surface area (Å²) in [5, 5.41) is 10.5. The molecule has 1 unspecified atom stereocenters. The van der Waals surface area contributed by atoms with Gasteiger partial charge >= 0.3 is 5.69 Å². The summed E-state index contributed by atoms with van der Waals surface area (Å²) < 4.78 is 1.71. The van der Waals surface area contributed by atoms with Gasteiger partial charge in [-0.1, -0.05) is 11.8 Å². The Morgan fingerprint density at radius 2 is 2.29 bits per heavy atom. The van der Waals surface area contributed by atoms with Crippen LogP contribution in [0.4, 0.5) is 0 Å². The number of rotatable bonds is 8. The third-order valence-corrected chi connectivity index (χ3v) is 4.52. The van der Waals surface area contributed by atoms with Gasteiger partial charge in [0.1, 0.15) is 0 Å². The van der Waals surface area contributed by atoms with Crippen molar-refractivity contribution in [1.82, 2.24) is 20.1 Å². The van der Waals surface area contributed by atoms with Gasteiger partial charge in [-0.2, -0.15) is 0 Å². The fraction of sp³-hybridized carbons (Fsp3) is 0.769. The second-order valence-electron chi connectivity index (χ2n) is 6.01. The van der Waals surface area contributed by atoms with Crippen LogP contribution in [-0.4, -0.2) is 38.0 Å². The molecule has 1 saturated carbocycles. The van der Waals surface area contributed by atoms with E-state index in [1.807, 2.05) is 20.8 Å². The maximum Gasteiger partial charge on any atom is 0.344 e. The Labute approximate surface area is 128 Å². The minimum Gasteiger partial charge on any atom is -0.368 e. The minimum absolute atomic E-state index is 0.155. The minimum atomic E-state index is -0.748. The van der Waals surface area contributed by atoms with Gasteiger partial charge in [0, 0.05) is 17.8 Å². The molecule has 1 atom stereocenters. The van der Waals surface area contributed by atoms with E-state index in [-0.39, 0.29) is 23.7 Å². The number of amides is 1. The predicted octanol–water partition coefficient (Wildman–Crippen LogP) is 0.631. The molecule has 0 radical (unpaired) electrons. The van der Waals surface area contributed by atoms with Crippen LogP contribution in [0.5, 0.6) is 0 Å². The number of thioether (sulfide) groups is 1. The number of H-pyrrole nitrogens is 1. The van der Waals surface area contributed by atoms with Crippen LogP contribution in [0.3, 0.4) is 0 Å². The summed E-state index contributed by atoms with van der Waals surface area (Å²) in [5.41, 5.74) is 4.60. The van der Waals surface area contributed by atoms with Crippen molar-refractivity contribution in [2.75, 3.05) is 5.75 Å². The van der Waals surface area contributed by atoms with Crippen molar-refractivity contribution in [3.8, 4) is 0 Å². The molecule has 4 N–H and O–H groups in total. The van der Waals surface area contributed by atoms with Gasteiger partial charge in [-0.05, 0) is 40.0 Å². The zero-order valence-corrected chi connectivity index (χ0v) is 13.5. The zero-order valence-electron chi connectivity index (χ0n) is 12.7. The molecule has 0 spiro atoms. The molecule has 118 valence electrons. The Bertz CT molecular complexity index is 563. The largest absolute Gasteiger partial charge is 0.368 e. The van der Waals surface area contributed by atoms with E-state index < -0.39 is 5.54 Å². The van der Waals surface area contributed by atoms with Gasteiger partial charge in [0.25, 0.3) is 0 Å². The number of carbonyl (C=O) groups excluding carboxylic acids is 1. The predicted molar refractivity (Wildman–Crippen MR) is 82.3 cm³/mol. The van der Waals surface area contributed by atoms with E-state index >= 15 is 0 Å². The van der Waals surface area contributed by atoms with E-state index in [0.29, 0.717) is 17.3 Å². The fourth-order valence-corrected chi connectivity index (χ4v) is 3.47. The maximum atomic E-state index is 11.7. The molecule has 1 aliphatic rings. The van der Waals surface area contributed by atoms with Crippen molar-refractivity contribution in [3.05, 3.63) is 10.5 Å². The smallest absolute Gasteiger partial charge is 0.344 e. The molecule has 1 aliphatic carbocycles. The highest BCUT2D eigenvalue weighted by atomic mass is 32.2. The van der Waals surface area contributed by atoms with E-state index in [4.69, 9.17) is 5.73 Å². The lowest BCUT2D eigenvalue weighted by atomic mass is 9.97. The van der Waals surface area contributed by atoms with Gasteiger partial charge < -0.3 is 11.1 Å². The lowest BCUT2D eigenvalue weighted by Gasteiger charge is -2.29. The average Bonchev–Trinajstić information content (AvgIpc) is 3.13. The van der Waals surface area contributed by atoms with Crippen molar-refractivity contribution in [2.24, 2.45) is 5.73 Å². The number of hydrogen-bond donors (Lipinski definition) is 3. The third-order valence-electron chi connectivity index (χ3n) is 3.57. The number of carbonyl (C=O) groups is 1. The molecule has 0 bridgehead atoms. The Morgan fingerprint density at radius 1 is 1.62 bits per heavy atom. The first-order chi connectivity index (χ1) is 9.83. The number of nitrogens with two attached hydrogens (primary N) is 1. The number of hydrogen-bond acceptors (Lipinski definition) is 5. The van der Waals surface area contributed by atoms with Crippen LogP contribution in [0.2, 0.25) is 0 Å². The standard InChI is InChI=1S/C13H23N5O2S/c1-8(2)15-13(3,10(14)19)6-7-21-12-17-16-11(20)18(12)9-4-5-9/h8-9,15H,4-7H2,1-3H3,(H2,14,19)(H,16,20). The molecule has 7 nitrogen and oxygen atoms in total. The van der Waals surface area contributed by atoms with E-state index in [2.05, 4.69) is 15.5 Å². The third kappa shape index (κ3) is 3.88. The monoisotopic (exact) mass is 313 g/mol. The molecule has 1 aromatic heterocycles. The first-order valence-electron chi connectivity index (χ1n) is 7.21. The van der Waals surface area contributed by atoms with Gasteiger partial charge in [0.2, 0.25) is 5.91 Å². The molecule has 0 aromatic carbocycles.